The van der Waals surface area contributed by atoms with Gasteiger partial charge in [0.1, 0.15) is 11.4 Å². The molecule has 2 aliphatic rings. The van der Waals surface area contributed by atoms with E-state index in [4.69, 9.17) is 4.74 Å². The molecule has 0 bridgehead atoms. The number of benzene rings is 1. The van der Waals surface area contributed by atoms with E-state index in [0.29, 0.717) is 11.1 Å². The first-order valence-electron chi connectivity index (χ1n) is 8.64. The molecule has 1 spiro atoms. The number of carbonyl (C=O) groups is 1. The van der Waals surface area contributed by atoms with Gasteiger partial charge in [0.2, 0.25) is 0 Å². The first-order chi connectivity index (χ1) is 11.7. The van der Waals surface area contributed by atoms with Crippen LogP contribution >= 0.6 is 24.8 Å². The highest BCUT2D eigenvalue weighted by Gasteiger charge is 2.38. The van der Waals surface area contributed by atoms with E-state index in [1.807, 2.05) is 35.2 Å². The number of rotatable bonds is 2. The van der Waals surface area contributed by atoms with E-state index in [9.17, 15) is 4.79 Å². The molecule has 1 aromatic heterocycles. The van der Waals surface area contributed by atoms with E-state index < -0.39 is 0 Å². The maximum absolute atomic E-state index is 12.8. The van der Waals surface area contributed by atoms with Gasteiger partial charge in [-0.15, -0.1) is 24.8 Å². The van der Waals surface area contributed by atoms with Crippen LogP contribution in [0.15, 0.2) is 30.3 Å². The summed E-state index contributed by atoms with van der Waals surface area (Å²) in [7, 11) is 1.65. The smallest absolute Gasteiger partial charge is 0.272 e. The number of likely N-dealkylation sites (tertiary alicyclic amines) is 1. The van der Waals surface area contributed by atoms with E-state index >= 15 is 0 Å². The van der Waals surface area contributed by atoms with Crippen LogP contribution in [0.1, 0.15) is 29.8 Å². The van der Waals surface area contributed by atoms with E-state index in [2.05, 4.69) is 10.3 Å². The standard InChI is InChI=1S/C19H23N3O2.2ClH/c1-24-15-3-5-16-14(12-15)2-4-17(21-16)18(23)22-10-7-19(8-11-22)6-9-20-13-19;;/h2-5,12,20H,6-11,13H2,1H3;2*1H. The molecule has 4 rings (SSSR count). The molecule has 2 aromatic rings. The van der Waals surface area contributed by atoms with E-state index in [1.165, 1.54) is 6.42 Å². The zero-order valence-electron chi connectivity index (χ0n) is 14.9. The fourth-order valence-electron chi connectivity index (χ4n) is 3.92. The lowest BCUT2D eigenvalue weighted by atomic mass is 9.78. The minimum Gasteiger partial charge on any atom is -0.497 e. The number of amides is 1. The van der Waals surface area contributed by atoms with Crippen LogP contribution in [0.25, 0.3) is 10.9 Å². The van der Waals surface area contributed by atoms with Crippen LogP contribution in [0.2, 0.25) is 0 Å². The molecule has 0 aliphatic carbocycles. The summed E-state index contributed by atoms with van der Waals surface area (Å²) in [5.74, 6) is 0.850. The molecule has 1 amide bonds. The fourth-order valence-corrected chi connectivity index (χ4v) is 3.92. The summed E-state index contributed by atoms with van der Waals surface area (Å²) >= 11 is 0. The number of piperidine rings is 1. The predicted molar refractivity (Wildman–Crippen MR) is 108 cm³/mol. The maximum Gasteiger partial charge on any atom is 0.272 e. The van der Waals surface area contributed by atoms with Gasteiger partial charge in [-0.2, -0.15) is 0 Å². The van der Waals surface area contributed by atoms with E-state index in [1.54, 1.807) is 7.11 Å². The van der Waals surface area contributed by atoms with Crippen molar-refractivity contribution in [3.8, 4) is 5.75 Å². The normalized spacial score (nSPS) is 18.3. The van der Waals surface area contributed by atoms with Crippen molar-refractivity contribution < 1.29 is 9.53 Å². The molecular formula is C19H25Cl2N3O2. The number of aromatic nitrogens is 1. The van der Waals surface area contributed by atoms with Crippen molar-refractivity contribution in [2.45, 2.75) is 19.3 Å². The van der Waals surface area contributed by atoms with Crippen molar-refractivity contribution in [3.05, 3.63) is 36.0 Å². The summed E-state index contributed by atoms with van der Waals surface area (Å²) in [5, 5.41) is 4.45. The van der Waals surface area contributed by atoms with Crippen molar-refractivity contribution >= 4 is 41.6 Å². The van der Waals surface area contributed by atoms with Gasteiger partial charge in [0.05, 0.1) is 12.6 Å². The van der Waals surface area contributed by atoms with Crippen LogP contribution in [0.5, 0.6) is 5.75 Å². The number of nitrogens with zero attached hydrogens (tertiary/aromatic N) is 2. The Morgan fingerprint density at radius 1 is 1.15 bits per heavy atom. The molecule has 0 atom stereocenters. The Kier molecular flexibility index (Phi) is 6.72. The molecule has 0 saturated carbocycles. The Labute approximate surface area is 166 Å². The van der Waals surface area contributed by atoms with Gasteiger partial charge in [0, 0.05) is 25.0 Å². The summed E-state index contributed by atoms with van der Waals surface area (Å²) in [4.78, 5) is 19.3. The number of carbonyl (C=O) groups excluding carboxylic acids is 1. The number of methoxy groups -OCH3 is 1. The topological polar surface area (TPSA) is 54.5 Å². The Morgan fingerprint density at radius 3 is 2.58 bits per heavy atom. The molecule has 2 fully saturated rings. The molecule has 1 aromatic carbocycles. The van der Waals surface area contributed by atoms with Crippen LogP contribution in [0, 0.1) is 5.41 Å². The Hall–Kier alpha value is -1.56. The third kappa shape index (κ3) is 3.90. The predicted octanol–water partition coefficient (Wildman–Crippen LogP) is 3.30. The fraction of sp³-hybridized carbons (Fsp3) is 0.474. The molecule has 0 radical (unpaired) electrons. The van der Waals surface area contributed by atoms with Crippen LogP contribution in [0.3, 0.4) is 0 Å². The quantitative estimate of drug-likeness (QED) is 0.844. The minimum atomic E-state index is 0. The van der Waals surface area contributed by atoms with Crippen molar-refractivity contribution in [3.63, 3.8) is 0 Å². The van der Waals surface area contributed by atoms with Crippen molar-refractivity contribution in [1.29, 1.82) is 0 Å². The highest BCUT2D eigenvalue weighted by molar-refractivity contribution is 5.95. The van der Waals surface area contributed by atoms with Gasteiger partial charge in [0.25, 0.3) is 5.91 Å². The average molecular weight is 398 g/mol. The molecule has 142 valence electrons. The number of fused-ring (bicyclic) bond motifs is 1. The largest absolute Gasteiger partial charge is 0.497 e. The molecule has 1 N–H and O–H groups in total. The summed E-state index contributed by atoms with van der Waals surface area (Å²) in [6.45, 7) is 3.89. The number of nitrogens with one attached hydrogen (secondary N) is 1. The molecule has 5 nitrogen and oxygen atoms in total. The molecular weight excluding hydrogens is 373 g/mol. The Bertz CT molecular complexity index is 768. The van der Waals surface area contributed by atoms with Gasteiger partial charge >= 0.3 is 0 Å². The Morgan fingerprint density at radius 2 is 1.92 bits per heavy atom. The van der Waals surface area contributed by atoms with Gasteiger partial charge in [-0.05, 0) is 55.5 Å². The number of pyridine rings is 1. The molecule has 26 heavy (non-hydrogen) atoms. The van der Waals surface area contributed by atoms with E-state index in [0.717, 1.165) is 55.7 Å². The average Bonchev–Trinajstić information content (AvgIpc) is 3.09. The van der Waals surface area contributed by atoms with E-state index in [-0.39, 0.29) is 30.7 Å². The third-order valence-electron chi connectivity index (χ3n) is 5.56. The molecule has 3 heterocycles. The zero-order valence-corrected chi connectivity index (χ0v) is 16.5. The molecule has 2 saturated heterocycles. The van der Waals surface area contributed by atoms with Crippen molar-refractivity contribution in [2.24, 2.45) is 5.41 Å². The Balaban J connectivity index is 0.00000121. The SMILES string of the molecule is COc1ccc2nc(C(=O)N3CCC4(CCNC4)CC3)ccc2c1.Cl.Cl. The summed E-state index contributed by atoms with van der Waals surface area (Å²) in [6.07, 6.45) is 3.43. The number of ether oxygens (including phenoxy) is 1. The van der Waals surface area contributed by atoms with Crippen molar-refractivity contribution in [2.75, 3.05) is 33.3 Å². The molecule has 7 heteroatoms. The zero-order chi connectivity index (χ0) is 16.6. The second-order valence-electron chi connectivity index (χ2n) is 6.97. The van der Waals surface area contributed by atoms with Gasteiger partial charge in [-0.3, -0.25) is 4.79 Å². The second kappa shape index (κ2) is 8.42. The minimum absolute atomic E-state index is 0. The summed E-state index contributed by atoms with van der Waals surface area (Å²) in [6, 6.07) is 9.49. The lowest BCUT2D eigenvalue weighted by Crippen LogP contribution is -2.44. The third-order valence-corrected chi connectivity index (χ3v) is 5.56. The highest BCUT2D eigenvalue weighted by atomic mass is 35.5. The lowest BCUT2D eigenvalue weighted by molar-refractivity contribution is 0.0602. The van der Waals surface area contributed by atoms with Crippen LogP contribution in [-0.2, 0) is 0 Å². The highest BCUT2D eigenvalue weighted by Crippen LogP contribution is 2.37. The summed E-state index contributed by atoms with van der Waals surface area (Å²) in [5.41, 5.74) is 1.78. The van der Waals surface area contributed by atoms with Crippen LogP contribution in [-0.4, -0.2) is 49.1 Å². The number of halogens is 2. The first-order valence-corrected chi connectivity index (χ1v) is 8.64. The molecule has 2 aliphatic heterocycles. The van der Waals surface area contributed by atoms with Crippen LogP contribution in [0.4, 0.5) is 0 Å². The van der Waals surface area contributed by atoms with Gasteiger partial charge in [0.15, 0.2) is 0 Å². The summed E-state index contributed by atoms with van der Waals surface area (Å²) < 4.78 is 5.23. The van der Waals surface area contributed by atoms with Gasteiger partial charge < -0.3 is 15.0 Å². The van der Waals surface area contributed by atoms with Gasteiger partial charge in [-0.1, -0.05) is 6.07 Å². The second-order valence-corrected chi connectivity index (χ2v) is 6.97. The number of hydrogen-bond acceptors (Lipinski definition) is 4. The molecule has 0 unspecified atom stereocenters. The maximum atomic E-state index is 12.8. The monoisotopic (exact) mass is 397 g/mol. The van der Waals surface area contributed by atoms with Crippen molar-refractivity contribution in [1.82, 2.24) is 15.2 Å². The number of hydrogen-bond donors (Lipinski definition) is 1. The van der Waals surface area contributed by atoms with Gasteiger partial charge in [-0.25, -0.2) is 4.98 Å². The first kappa shape index (κ1) is 20.7. The van der Waals surface area contributed by atoms with Crippen LogP contribution < -0.4 is 10.1 Å². The lowest BCUT2D eigenvalue weighted by Gasteiger charge is -2.38.